The molecule has 0 spiro atoms. The second-order valence-corrected chi connectivity index (χ2v) is 6.85. The minimum absolute atomic E-state index is 0.250. The van der Waals surface area contributed by atoms with Crippen LogP contribution in [0.4, 0.5) is 0 Å². The SMILES string of the molecule is COc1cccc(CC(NC(C)=O)C(=O)NCc2ccc(OC)c(Br)c2)c1. The number of methoxy groups -OCH3 is 2. The summed E-state index contributed by atoms with van der Waals surface area (Å²) >= 11 is 3.43. The largest absolute Gasteiger partial charge is 0.497 e. The molecule has 0 fully saturated rings. The van der Waals surface area contributed by atoms with E-state index in [1.807, 2.05) is 42.5 Å². The van der Waals surface area contributed by atoms with E-state index in [2.05, 4.69) is 26.6 Å². The van der Waals surface area contributed by atoms with Crippen LogP contribution in [-0.2, 0) is 22.6 Å². The Morgan fingerprint density at radius 3 is 2.48 bits per heavy atom. The highest BCUT2D eigenvalue weighted by Crippen LogP contribution is 2.25. The molecule has 1 unspecified atom stereocenters. The van der Waals surface area contributed by atoms with Crippen LogP contribution in [0.1, 0.15) is 18.1 Å². The molecule has 0 aromatic heterocycles. The average Bonchev–Trinajstić information content (AvgIpc) is 2.65. The number of halogens is 1. The first-order valence-corrected chi connectivity index (χ1v) is 9.22. The molecule has 0 aliphatic heterocycles. The van der Waals surface area contributed by atoms with Crippen molar-refractivity contribution in [2.24, 2.45) is 0 Å². The fraction of sp³-hybridized carbons (Fsp3) is 0.300. The lowest BCUT2D eigenvalue weighted by atomic mass is 10.0. The van der Waals surface area contributed by atoms with E-state index in [1.54, 1.807) is 14.2 Å². The molecule has 6 nitrogen and oxygen atoms in total. The molecule has 2 aromatic carbocycles. The van der Waals surface area contributed by atoms with E-state index >= 15 is 0 Å². The van der Waals surface area contributed by atoms with Gasteiger partial charge in [-0.15, -0.1) is 0 Å². The molecule has 2 N–H and O–H groups in total. The Morgan fingerprint density at radius 2 is 1.85 bits per heavy atom. The molecule has 0 radical (unpaired) electrons. The van der Waals surface area contributed by atoms with Gasteiger partial charge in [0.2, 0.25) is 11.8 Å². The van der Waals surface area contributed by atoms with Crippen LogP contribution in [0.2, 0.25) is 0 Å². The van der Waals surface area contributed by atoms with Gasteiger partial charge in [0.1, 0.15) is 17.5 Å². The number of hydrogen-bond donors (Lipinski definition) is 2. The van der Waals surface area contributed by atoms with Gasteiger partial charge in [-0.05, 0) is 51.3 Å². The van der Waals surface area contributed by atoms with Crippen LogP contribution in [0.25, 0.3) is 0 Å². The maximum absolute atomic E-state index is 12.6. The highest BCUT2D eigenvalue weighted by Gasteiger charge is 2.20. The molecule has 27 heavy (non-hydrogen) atoms. The van der Waals surface area contributed by atoms with Gasteiger partial charge in [-0.3, -0.25) is 9.59 Å². The van der Waals surface area contributed by atoms with Crippen molar-refractivity contribution in [3.63, 3.8) is 0 Å². The van der Waals surface area contributed by atoms with Crippen molar-refractivity contribution in [2.75, 3.05) is 14.2 Å². The first-order valence-electron chi connectivity index (χ1n) is 8.43. The fourth-order valence-corrected chi connectivity index (χ4v) is 3.21. The molecular weight excluding hydrogens is 412 g/mol. The molecule has 2 rings (SSSR count). The molecule has 2 aromatic rings. The number of benzene rings is 2. The van der Waals surface area contributed by atoms with Crippen molar-refractivity contribution in [3.8, 4) is 11.5 Å². The monoisotopic (exact) mass is 434 g/mol. The van der Waals surface area contributed by atoms with E-state index in [9.17, 15) is 9.59 Å². The lowest BCUT2D eigenvalue weighted by molar-refractivity contribution is -0.128. The summed E-state index contributed by atoms with van der Waals surface area (Å²) in [5, 5.41) is 5.58. The summed E-state index contributed by atoms with van der Waals surface area (Å²) in [5.74, 6) is 0.919. The minimum atomic E-state index is -0.670. The summed E-state index contributed by atoms with van der Waals surface area (Å²) in [6.45, 7) is 1.74. The molecule has 0 heterocycles. The Hall–Kier alpha value is -2.54. The predicted octanol–water partition coefficient (Wildman–Crippen LogP) is 2.83. The standard InChI is InChI=1S/C20H23BrN2O4/c1-13(24)23-18(11-14-5-4-6-16(9-14)26-2)20(25)22-12-15-7-8-19(27-3)17(21)10-15/h4-10,18H,11-12H2,1-3H3,(H,22,25)(H,23,24). The van der Waals surface area contributed by atoms with Gasteiger partial charge in [-0.1, -0.05) is 18.2 Å². The van der Waals surface area contributed by atoms with Gasteiger partial charge in [0, 0.05) is 19.9 Å². The third-order valence-corrected chi connectivity index (χ3v) is 4.57. The minimum Gasteiger partial charge on any atom is -0.497 e. The lowest BCUT2D eigenvalue weighted by Gasteiger charge is -2.18. The molecule has 0 saturated heterocycles. The summed E-state index contributed by atoms with van der Waals surface area (Å²) in [4.78, 5) is 24.2. The van der Waals surface area contributed by atoms with Crippen molar-refractivity contribution in [1.29, 1.82) is 0 Å². The summed E-state index contributed by atoms with van der Waals surface area (Å²) in [7, 11) is 3.18. The number of hydrogen-bond acceptors (Lipinski definition) is 4. The highest BCUT2D eigenvalue weighted by atomic mass is 79.9. The van der Waals surface area contributed by atoms with E-state index in [0.29, 0.717) is 18.7 Å². The third kappa shape index (κ3) is 6.29. The van der Waals surface area contributed by atoms with Gasteiger partial charge >= 0.3 is 0 Å². The van der Waals surface area contributed by atoms with E-state index in [-0.39, 0.29) is 11.8 Å². The zero-order valence-electron chi connectivity index (χ0n) is 15.5. The lowest BCUT2D eigenvalue weighted by Crippen LogP contribution is -2.47. The van der Waals surface area contributed by atoms with Crippen molar-refractivity contribution in [2.45, 2.75) is 25.9 Å². The number of nitrogens with one attached hydrogen (secondary N) is 2. The molecule has 144 valence electrons. The number of amides is 2. The second kappa shape index (κ2) is 9.97. The maximum atomic E-state index is 12.6. The Labute approximate surface area is 167 Å². The van der Waals surface area contributed by atoms with E-state index in [0.717, 1.165) is 21.3 Å². The number of ether oxygens (including phenoxy) is 2. The topological polar surface area (TPSA) is 76.7 Å². The fourth-order valence-electron chi connectivity index (χ4n) is 2.62. The molecular formula is C20H23BrN2O4. The zero-order valence-corrected chi connectivity index (χ0v) is 17.1. The number of carbonyl (C=O) groups excluding carboxylic acids is 2. The normalized spacial score (nSPS) is 11.4. The van der Waals surface area contributed by atoms with E-state index in [1.165, 1.54) is 6.92 Å². The van der Waals surface area contributed by atoms with Crippen molar-refractivity contribution >= 4 is 27.7 Å². The van der Waals surface area contributed by atoms with Gasteiger partial charge in [-0.2, -0.15) is 0 Å². The van der Waals surface area contributed by atoms with Crippen LogP contribution >= 0.6 is 15.9 Å². The molecule has 2 amide bonds. The molecule has 0 saturated carbocycles. The highest BCUT2D eigenvalue weighted by molar-refractivity contribution is 9.10. The van der Waals surface area contributed by atoms with Crippen LogP contribution in [0.3, 0.4) is 0 Å². The Morgan fingerprint density at radius 1 is 1.07 bits per heavy atom. The zero-order chi connectivity index (χ0) is 19.8. The van der Waals surface area contributed by atoms with Gasteiger partial charge < -0.3 is 20.1 Å². The smallest absolute Gasteiger partial charge is 0.243 e. The van der Waals surface area contributed by atoms with Crippen LogP contribution in [0.5, 0.6) is 11.5 Å². The average molecular weight is 435 g/mol. The van der Waals surface area contributed by atoms with Crippen molar-refractivity contribution < 1.29 is 19.1 Å². The Balaban J connectivity index is 2.05. The van der Waals surface area contributed by atoms with Gasteiger partial charge in [0.05, 0.1) is 18.7 Å². The molecule has 0 aliphatic rings. The molecule has 7 heteroatoms. The number of rotatable bonds is 8. The van der Waals surface area contributed by atoms with Gasteiger partial charge in [0.15, 0.2) is 0 Å². The summed E-state index contributed by atoms with van der Waals surface area (Å²) in [6.07, 6.45) is 0.370. The van der Waals surface area contributed by atoms with E-state index in [4.69, 9.17) is 9.47 Å². The molecule has 0 aliphatic carbocycles. The molecule has 0 bridgehead atoms. The van der Waals surface area contributed by atoms with Gasteiger partial charge in [-0.25, -0.2) is 0 Å². The quantitative estimate of drug-likeness (QED) is 0.669. The summed E-state index contributed by atoms with van der Waals surface area (Å²) in [6, 6.07) is 12.3. The summed E-state index contributed by atoms with van der Waals surface area (Å²) < 4.78 is 11.2. The predicted molar refractivity (Wildman–Crippen MR) is 107 cm³/mol. The summed E-state index contributed by atoms with van der Waals surface area (Å²) in [5.41, 5.74) is 1.81. The van der Waals surface area contributed by atoms with Crippen LogP contribution < -0.4 is 20.1 Å². The second-order valence-electron chi connectivity index (χ2n) is 6.00. The first kappa shape index (κ1) is 20.8. The third-order valence-electron chi connectivity index (χ3n) is 3.95. The van der Waals surface area contributed by atoms with Crippen LogP contribution in [0.15, 0.2) is 46.9 Å². The van der Waals surface area contributed by atoms with Crippen molar-refractivity contribution in [1.82, 2.24) is 10.6 Å². The van der Waals surface area contributed by atoms with Crippen LogP contribution in [-0.4, -0.2) is 32.1 Å². The Bertz CT molecular complexity index is 810. The van der Waals surface area contributed by atoms with Gasteiger partial charge in [0.25, 0.3) is 0 Å². The number of carbonyl (C=O) groups is 2. The first-order chi connectivity index (χ1) is 12.9. The van der Waals surface area contributed by atoms with E-state index < -0.39 is 6.04 Å². The molecule has 1 atom stereocenters. The maximum Gasteiger partial charge on any atom is 0.243 e. The van der Waals surface area contributed by atoms with Crippen molar-refractivity contribution in [3.05, 3.63) is 58.1 Å². The Kier molecular flexibility index (Phi) is 7.67. The van der Waals surface area contributed by atoms with Crippen LogP contribution in [0, 0.1) is 0 Å².